The molecule has 0 spiro atoms. The largest absolute Gasteiger partial charge is 0.481 e. The topological polar surface area (TPSA) is 109 Å². The fourth-order valence-corrected chi connectivity index (χ4v) is 2.40. The molecule has 8 heteroatoms. The molecule has 1 unspecified atom stereocenters. The predicted octanol–water partition coefficient (Wildman–Crippen LogP) is 1.22. The van der Waals surface area contributed by atoms with Crippen LogP contribution in [0.1, 0.15) is 42.3 Å². The van der Waals surface area contributed by atoms with Gasteiger partial charge in [0.2, 0.25) is 5.82 Å². The van der Waals surface area contributed by atoms with Crippen LogP contribution in [-0.2, 0) is 4.79 Å². The van der Waals surface area contributed by atoms with E-state index in [1.807, 2.05) is 33.8 Å². The van der Waals surface area contributed by atoms with Gasteiger partial charge in [0, 0.05) is 17.9 Å². The van der Waals surface area contributed by atoms with Crippen molar-refractivity contribution >= 4 is 17.7 Å². The van der Waals surface area contributed by atoms with Crippen LogP contribution in [0.25, 0.3) is 5.78 Å². The number of carbonyl (C=O) groups is 2. The van der Waals surface area contributed by atoms with E-state index in [1.54, 1.807) is 0 Å². The molecule has 0 aliphatic carbocycles. The molecule has 2 N–H and O–H groups in total. The van der Waals surface area contributed by atoms with Gasteiger partial charge in [-0.1, -0.05) is 13.8 Å². The van der Waals surface area contributed by atoms with Crippen LogP contribution < -0.4 is 5.32 Å². The molecule has 0 radical (unpaired) electrons. The number of aliphatic carboxylic acids is 1. The molecule has 1 amide bonds. The lowest BCUT2D eigenvalue weighted by molar-refractivity contribution is -0.142. The lowest BCUT2D eigenvalue weighted by atomic mass is 9.97. The number of fused-ring (bicyclic) bond motifs is 1. The molecule has 0 saturated heterocycles. The second-order valence-corrected chi connectivity index (χ2v) is 6.06. The van der Waals surface area contributed by atoms with Crippen molar-refractivity contribution in [3.8, 4) is 0 Å². The molecule has 0 saturated carbocycles. The Hall–Kier alpha value is -2.51. The fourth-order valence-electron chi connectivity index (χ4n) is 2.40. The molecule has 8 nitrogen and oxygen atoms in total. The van der Waals surface area contributed by atoms with Crippen molar-refractivity contribution in [3.63, 3.8) is 0 Å². The third kappa shape index (κ3) is 4.02. The highest BCUT2D eigenvalue weighted by Crippen LogP contribution is 2.11. The first-order chi connectivity index (χ1) is 10.8. The summed E-state index contributed by atoms with van der Waals surface area (Å²) < 4.78 is 1.49. The van der Waals surface area contributed by atoms with Crippen molar-refractivity contribution < 1.29 is 14.7 Å². The summed E-state index contributed by atoms with van der Waals surface area (Å²) in [7, 11) is 0. The second-order valence-electron chi connectivity index (χ2n) is 6.06. The highest BCUT2D eigenvalue weighted by Gasteiger charge is 2.21. The van der Waals surface area contributed by atoms with Gasteiger partial charge in [-0.05, 0) is 32.3 Å². The van der Waals surface area contributed by atoms with E-state index in [1.165, 1.54) is 4.52 Å². The molecule has 124 valence electrons. The van der Waals surface area contributed by atoms with Crippen LogP contribution in [0.4, 0.5) is 0 Å². The van der Waals surface area contributed by atoms with E-state index >= 15 is 0 Å². The van der Waals surface area contributed by atoms with Gasteiger partial charge in [0.05, 0.1) is 5.92 Å². The van der Waals surface area contributed by atoms with E-state index in [2.05, 4.69) is 20.4 Å². The number of nitrogens with one attached hydrogen (secondary N) is 1. The summed E-state index contributed by atoms with van der Waals surface area (Å²) in [6, 6.07) is 1.84. The zero-order valence-corrected chi connectivity index (χ0v) is 13.7. The lowest BCUT2D eigenvalue weighted by Crippen LogP contribution is -2.34. The number of rotatable bonds is 6. The van der Waals surface area contributed by atoms with Gasteiger partial charge >= 0.3 is 5.97 Å². The number of carboxylic acid groups (broad SMARTS) is 1. The minimum Gasteiger partial charge on any atom is -0.481 e. The molecule has 2 aromatic rings. The molecule has 0 aliphatic heterocycles. The Morgan fingerprint density at radius 2 is 2.00 bits per heavy atom. The normalized spacial score (nSPS) is 12.6. The number of hydrogen-bond acceptors (Lipinski definition) is 5. The number of carboxylic acids is 1. The van der Waals surface area contributed by atoms with Gasteiger partial charge in [-0.15, -0.1) is 5.10 Å². The highest BCUT2D eigenvalue weighted by atomic mass is 16.4. The van der Waals surface area contributed by atoms with Crippen LogP contribution in [-0.4, -0.2) is 43.1 Å². The van der Waals surface area contributed by atoms with Crippen LogP contribution >= 0.6 is 0 Å². The molecule has 2 rings (SSSR count). The van der Waals surface area contributed by atoms with Crippen molar-refractivity contribution in [1.82, 2.24) is 24.9 Å². The van der Waals surface area contributed by atoms with Crippen molar-refractivity contribution in [2.24, 2.45) is 11.8 Å². The number of amides is 1. The third-order valence-electron chi connectivity index (χ3n) is 3.44. The molecule has 0 fully saturated rings. The van der Waals surface area contributed by atoms with Crippen LogP contribution in [0.2, 0.25) is 0 Å². The Labute approximate surface area is 133 Å². The Morgan fingerprint density at radius 3 is 2.61 bits per heavy atom. The average molecular weight is 319 g/mol. The van der Waals surface area contributed by atoms with Gasteiger partial charge < -0.3 is 10.4 Å². The summed E-state index contributed by atoms with van der Waals surface area (Å²) in [5, 5.41) is 15.9. The lowest BCUT2D eigenvalue weighted by Gasteiger charge is -2.14. The molecular weight excluding hydrogens is 298 g/mol. The molecule has 0 aliphatic rings. The summed E-state index contributed by atoms with van der Waals surface area (Å²) in [6.45, 7) is 7.62. The van der Waals surface area contributed by atoms with Crippen molar-refractivity contribution in [2.45, 2.75) is 34.1 Å². The summed E-state index contributed by atoms with van der Waals surface area (Å²) in [5.74, 6) is -1.48. The van der Waals surface area contributed by atoms with Crippen LogP contribution in [0.5, 0.6) is 0 Å². The van der Waals surface area contributed by atoms with Crippen molar-refractivity contribution in [3.05, 3.63) is 23.3 Å². The van der Waals surface area contributed by atoms with Crippen LogP contribution in [0.3, 0.4) is 0 Å². The maximum atomic E-state index is 12.2. The predicted molar refractivity (Wildman–Crippen MR) is 83.2 cm³/mol. The first-order valence-corrected chi connectivity index (χ1v) is 7.50. The maximum absolute atomic E-state index is 12.2. The molecule has 2 aromatic heterocycles. The summed E-state index contributed by atoms with van der Waals surface area (Å²) in [4.78, 5) is 31.7. The average Bonchev–Trinajstić information content (AvgIpc) is 2.86. The molecule has 0 bridgehead atoms. The quantitative estimate of drug-likeness (QED) is 0.828. The minimum atomic E-state index is -0.921. The number of hydrogen-bond donors (Lipinski definition) is 2. The van der Waals surface area contributed by atoms with E-state index < -0.39 is 17.8 Å². The summed E-state index contributed by atoms with van der Waals surface area (Å²) in [5.41, 5.74) is 1.61. The van der Waals surface area contributed by atoms with Crippen molar-refractivity contribution in [1.29, 1.82) is 0 Å². The Kier molecular flexibility index (Phi) is 4.92. The van der Waals surface area contributed by atoms with Gasteiger partial charge in [-0.3, -0.25) is 9.59 Å². The number of aromatic nitrogens is 4. The molecule has 23 heavy (non-hydrogen) atoms. The van der Waals surface area contributed by atoms with Gasteiger partial charge in [-0.25, -0.2) is 9.50 Å². The van der Waals surface area contributed by atoms with E-state index in [0.29, 0.717) is 12.2 Å². The minimum absolute atomic E-state index is 0.0140. The standard InChI is InChI=1S/C15H21N5O3/c1-8(2)5-11(14(22)23)7-16-13(21)12-18-15-17-9(3)6-10(4)20(15)19-12/h6,8,11H,5,7H2,1-4H3,(H,16,21)(H,22,23). The van der Waals surface area contributed by atoms with Gasteiger partial charge in [0.15, 0.2) is 0 Å². The third-order valence-corrected chi connectivity index (χ3v) is 3.44. The fraction of sp³-hybridized carbons (Fsp3) is 0.533. The number of aryl methyl sites for hydroxylation is 2. The zero-order valence-electron chi connectivity index (χ0n) is 13.7. The van der Waals surface area contributed by atoms with E-state index in [4.69, 9.17) is 0 Å². The van der Waals surface area contributed by atoms with Gasteiger partial charge in [0.25, 0.3) is 11.7 Å². The number of nitrogens with zero attached hydrogens (tertiary/aromatic N) is 4. The first-order valence-electron chi connectivity index (χ1n) is 7.50. The Balaban J connectivity index is 2.11. The van der Waals surface area contributed by atoms with Gasteiger partial charge in [0.1, 0.15) is 0 Å². The SMILES string of the molecule is Cc1cc(C)n2nc(C(=O)NCC(CC(C)C)C(=O)O)nc2n1. The first kappa shape index (κ1) is 16.9. The molecule has 2 heterocycles. The molecular formula is C15H21N5O3. The van der Waals surface area contributed by atoms with Crippen LogP contribution in [0.15, 0.2) is 6.07 Å². The van der Waals surface area contributed by atoms with E-state index in [0.717, 1.165) is 11.4 Å². The monoisotopic (exact) mass is 319 g/mol. The maximum Gasteiger partial charge on any atom is 0.308 e. The number of carbonyl (C=O) groups excluding carboxylic acids is 1. The smallest absolute Gasteiger partial charge is 0.308 e. The summed E-state index contributed by atoms with van der Waals surface area (Å²) >= 11 is 0. The van der Waals surface area contributed by atoms with Crippen LogP contribution in [0, 0.1) is 25.7 Å². The Morgan fingerprint density at radius 1 is 1.30 bits per heavy atom. The van der Waals surface area contributed by atoms with E-state index in [-0.39, 0.29) is 18.3 Å². The molecule has 0 aromatic carbocycles. The van der Waals surface area contributed by atoms with Gasteiger partial charge in [-0.2, -0.15) is 4.98 Å². The zero-order chi connectivity index (χ0) is 17.1. The Bertz CT molecular complexity index is 738. The van der Waals surface area contributed by atoms with Crippen molar-refractivity contribution in [2.75, 3.05) is 6.54 Å². The molecule has 1 atom stereocenters. The highest BCUT2D eigenvalue weighted by molar-refractivity contribution is 5.91. The second kappa shape index (κ2) is 6.72. The van der Waals surface area contributed by atoms with E-state index in [9.17, 15) is 14.7 Å². The summed E-state index contributed by atoms with van der Waals surface area (Å²) in [6.07, 6.45) is 0.494.